The molecule has 0 spiro atoms. The number of carbonyl (C=O) groups is 2. The summed E-state index contributed by atoms with van der Waals surface area (Å²) in [5.74, 6) is -2.51. The Kier molecular flexibility index (Phi) is 7.48. The summed E-state index contributed by atoms with van der Waals surface area (Å²) in [6, 6.07) is 10.2. The largest absolute Gasteiger partial charge is 0.495 e. The quantitative estimate of drug-likeness (QED) is 0.155. The summed E-state index contributed by atoms with van der Waals surface area (Å²) >= 11 is 0. The van der Waals surface area contributed by atoms with Crippen molar-refractivity contribution in [1.82, 2.24) is 0 Å². The van der Waals surface area contributed by atoms with E-state index >= 15 is 0 Å². The molecule has 0 fully saturated rings. The highest BCUT2D eigenvalue weighted by molar-refractivity contribution is 7.91. The lowest BCUT2D eigenvalue weighted by molar-refractivity contribution is 0.0980. The van der Waals surface area contributed by atoms with E-state index in [1.54, 1.807) is 0 Å². The smallest absolute Gasteiger partial charge is 0.397 e. The van der Waals surface area contributed by atoms with Crippen molar-refractivity contribution in [2.24, 2.45) is 0 Å². The highest BCUT2D eigenvalue weighted by Gasteiger charge is 2.36. The average molecular weight is 613 g/mol. The molecule has 0 unspecified atom stereocenters. The van der Waals surface area contributed by atoms with E-state index in [9.17, 15) is 39.4 Å². The van der Waals surface area contributed by atoms with E-state index in [1.165, 1.54) is 43.5 Å². The van der Waals surface area contributed by atoms with Crippen LogP contribution in [-0.4, -0.2) is 65.4 Å². The van der Waals surface area contributed by atoms with Crippen LogP contribution in [-0.2, 0) is 34.5 Å². The van der Waals surface area contributed by atoms with Crippen molar-refractivity contribution in [3.05, 3.63) is 70.8 Å². The molecule has 0 saturated heterocycles. The fourth-order valence-electron chi connectivity index (χ4n) is 4.12. The summed E-state index contributed by atoms with van der Waals surface area (Å²) in [6.45, 7) is -0.915. The number of ketones is 2. The van der Waals surface area contributed by atoms with Crippen LogP contribution in [0.25, 0.3) is 0 Å². The lowest BCUT2D eigenvalue weighted by atomic mass is 9.82. The SMILES string of the molecule is COc1ccc(Nc2cc(S(=O)(=O)O)c(N)c3c2C(=O)c2ccccc2C3=O)cc1S(=O)(=O)CCOS(=O)(=O)O. The van der Waals surface area contributed by atoms with Crippen LogP contribution >= 0.6 is 0 Å². The van der Waals surface area contributed by atoms with E-state index in [0.29, 0.717) is 0 Å². The molecule has 3 aromatic carbocycles. The minimum atomic E-state index is -4.99. The number of nitrogens with one attached hydrogen (secondary N) is 1. The van der Waals surface area contributed by atoms with Crippen LogP contribution in [0.1, 0.15) is 31.8 Å². The maximum absolute atomic E-state index is 13.4. The molecule has 1 aliphatic carbocycles. The highest BCUT2D eigenvalue weighted by Crippen LogP contribution is 2.40. The first-order valence-electron chi connectivity index (χ1n) is 11.0. The zero-order valence-corrected chi connectivity index (χ0v) is 22.8. The lowest BCUT2D eigenvalue weighted by Gasteiger charge is -2.24. The van der Waals surface area contributed by atoms with Gasteiger partial charge >= 0.3 is 10.4 Å². The minimum absolute atomic E-state index is 0.0129. The first kappa shape index (κ1) is 29.1. The second-order valence-corrected chi connectivity index (χ2v) is 12.9. The number of nitrogen functional groups attached to an aromatic ring is 1. The van der Waals surface area contributed by atoms with Crippen molar-refractivity contribution >= 4 is 59.0 Å². The number of benzene rings is 3. The van der Waals surface area contributed by atoms with Gasteiger partial charge in [0.05, 0.1) is 42.0 Å². The molecule has 1 aliphatic rings. The third kappa shape index (κ3) is 5.55. The predicted octanol–water partition coefficient (Wildman–Crippen LogP) is 1.64. The van der Waals surface area contributed by atoms with Crippen molar-refractivity contribution in [3.63, 3.8) is 0 Å². The van der Waals surface area contributed by atoms with Gasteiger partial charge < -0.3 is 15.8 Å². The summed E-state index contributed by atoms with van der Waals surface area (Å²) in [5, 5.41) is 2.71. The number of hydrogen-bond acceptors (Lipinski definition) is 12. The molecule has 5 N–H and O–H groups in total. The number of sulfone groups is 1. The van der Waals surface area contributed by atoms with Crippen LogP contribution in [0, 0.1) is 0 Å². The van der Waals surface area contributed by atoms with Crippen molar-refractivity contribution in [2.45, 2.75) is 9.79 Å². The van der Waals surface area contributed by atoms with Gasteiger partial charge in [-0.05, 0) is 24.3 Å². The summed E-state index contributed by atoms with van der Waals surface area (Å²) in [6.07, 6.45) is 0. The molecular weight excluding hydrogens is 592 g/mol. The van der Waals surface area contributed by atoms with E-state index in [1.807, 2.05) is 0 Å². The molecule has 3 aromatic rings. The first-order valence-corrected chi connectivity index (χ1v) is 15.4. The van der Waals surface area contributed by atoms with Crippen LogP contribution < -0.4 is 15.8 Å². The van der Waals surface area contributed by atoms with E-state index in [2.05, 4.69) is 9.50 Å². The Morgan fingerprint density at radius 1 is 0.850 bits per heavy atom. The summed E-state index contributed by atoms with van der Waals surface area (Å²) in [4.78, 5) is 25.4. The third-order valence-corrected chi connectivity index (χ3v) is 8.89. The monoisotopic (exact) mass is 612 g/mol. The Hall–Kier alpha value is -3.87. The van der Waals surface area contributed by atoms with Crippen molar-refractivity contribution in [1.29, 1.82) is 0 Å². The van der Waals surface area contributed by atoms with Crippen LogP contribution in [0.5, 0.6) is 5.75 Å². The number of carbonyl (C=O) groups excluding carboxylic acids is 2. The molecule has 0 radical (unpaired) electrons. The van der Waals surface area contributed by atoms with Crippen LogP contribution in [0.3, 0.4) is 0 Å². The average Bonchev–Trinajstić information content (AvgIpc) is 2.86. The maximum Gasteiger partial charge on any atom is 0.397 e. The highest BCUT2D eigenvalue weighted by atomic mass is 32.3. The fourth-order valence-corrected chi connectivity index (χ4v) is 6.45. The van der Waals surface area contributed by atoms with Gasteiger partial charge in [-0.3, -0.25) is 18.7 Å². The van der Waals surface area contributed by atoms with Gasteiger partial charge in [0.2, 0.25) is 0 Å². The van der Waals surface area contributed by atoms with Gasteiger partial charge in [-0.2, -0.15) is 16.8 Å². The van der Waals surface area contributed by atoms with E-state index in [-0.39, 0.29) is 33.8 Å². The second-order valence-electron chi connectivity index (χ2n) is 8.32. The van der Waals surface area contributed by atoms with E-state index in [0.717, 1.165) is 12.1 Å². The Labute approximate surface area is 228 Å². The number of fused-ring (bicyclic) bond motifs is 2. The Morgan fingerprint density at radius 3 is 2.00 bits per heavy atom. The van der Waals surface area contributed by atoms with Gasteiger partial charge in [0.15, 0.2) is 21.4 Å². The second kappa shape index (κ2) is 10.3. The molecule has 40 heavy (non-hydrogen) atoms. The molecule has 14 nitrogen and oxygen atoms in total. The van der Waals surface area contributed by atoms with Crippen molar-refractivity contribution in [2.75, 3.05) is 30.5 Å². The summed E-state index contributed by atoms with van der Waals surface area (Å²) in [5.41, 5.74) is 4.18. The van der Waals surface area contributed by atoms with E-state index in [4.69, 9.17) is 15.0 Å². The summed E-state index contributed by atoms with van der Waals surface area (Å²) in [7, 11) is -13.0. The van der Waals surface area contributed by atoms with Gasteiger partial charge in [0, 0.05) is 16.8 Å². The zero-order chi connectivity index (χ0) is 29.6. The number of rotatable bonds is 9. The minimum Gasteiger partial charge on any atom is -0.495 e. The van der Waals surface area contributed by atoms with Gasteiger partial charge in [-0.1, -0.05) is 24.3 Å². The number of anilines is 3. The third-order valence-electron chi connectivity index (χ3n) is 5.84. The number of ether oxygens (including phenoxy) is 1. The molecule has 0 aromatic heterocycles. The Balaban J connectivity index is 1.86. The van der Waals surface area contributed by atoms with Gasteiger partial charge in [-0.15, -0.1) is 0 Å². The molecule has 0 bridgehead atoms. The molecule has 0 atom stereocenters. The first-order chi connectivity index (χ1) is 18.5. The van der Waals surface area contributed by atoms with Crippen LogP contribution in [0.15, 0.2) is 58.3 Å². The molecule has 0 aliphatic heterocycles. The van der Waals surface area contributed by atoms with Crippen molar-refractivity contribution in [3.8, 4) is 5.75 Å². The zero-order valence-electron chi connectivity index (χ0n) is 20.3. The van der Waals surface area contributed by atoms with Crippen LogP contribution in [0.2, 0.25) is 0 Å². The number of methoxy groups -OCH3 is 1. The Morgan fingerprint density at radius 2 is 1.45 bits per heavy atom. The fraction of sp³-hybridized carbons (Fsp3) is 0.130. The molecular formula is C23H20N2O12S3. The maximum atomic E-state index is 13.4. The topological polar surface area (TPSA) is 234 Å². The van der Waals surface area contributed by atoms with Gasteiger partial charge in [-0.25, -0.2) is 12.6 Å². The van der Waals surface area contributed by atoms with E-state index < -0.39 is 75.3 Å². The molecule has 0 saturated carbocycles. The normalized spacial score (nSPS) is 13.5. The lowest BCUT2D eigenvalue weighted by Crippen LogP contribution is -2.25. The standard InChI is InChI=1S/C23H20N2O12S3/c1-36-16-7-6-12(10-17(16)38(28,29)9-8-37-40(33,34)35)25-15-11-18(39(30,31)32)21(24)20-19(15)22(26)13-4-2-3-5-14(13)23(20)27/h2-7,10-11,25H,8-9,24H2,1H3,(H,30,31,32)(H,33,34,35). The van der Waals surface area contributed by atoms with Crippen LogP contribution in [0.4, 0.5) is 17.1 Å². The molecule has 212 valence electrons. The molecule has 0 heterocycles. The van der Waals surface area contributed by atoms with Gasteiger partial charge in [0.1, 0.15) is 15.5 Å². The predicted molar refractivity (Wildman–Crippen MR) is 140 cm³/mol. The summed E-state index contributed by atoms with van der Waals surface area (Å²) < 4.78 is 99.2. The Bertz CT molecular complexity index is 1900. The molecule has 17 heteroatoms. The number of hydrogen-bond donors (Lipinski definition) is 4. The molecule has 4 rings (SSSR count). The number of nitrogens with two attached hydrogens (primary N) is 1. The van der Waals surface area contributed by atoms with Gasteiger partial charge in [0.25, 0.3) is 10.1 Å². The van der Waals surface area contributed by atoms with Crippen molar-refractivity contribution < 1.29 is 52.9 Å². The molecule has 0 amide bonds.